The van der Waals surface area contributed by atoms with Gasteiger partial charge in [0.1, 0.15) is 6.61 Å². The molecule has 0 unspecified atom stereocenters. The molecule has 0 atom stereocenters. The molecule has 5 heteroatoms. The highest BCUT2D eigenvalue weighted by Gasteiger charge is 2.12. The zero-order valence-corrected chi connectivity index (χ0v) is 13.3. The number of ether oxygens (including phenoxy) is 1. The molecule has 0 aliphatic rings. The summed E-state index contributed by atoms with van der Waals surface area (Å²) >= 11 is 0. The lowest BCUT2D eigenvalue weighted by molar-refractivity contribution is -0.105. The molecule has 0 radical (unpaired) electrons. The van der Waals surface area contributed by atoms with Gasteiger partial charge in [0.2, 0.25) is 6.41 Å². The van der Waals surface area contributed by atoms with E-state index in [2.05, 4.69) is 16.2 Å². The van der Waals surface area contributed by atoms with Crippen LogP contribution in [0.25, 0.3) is 5.65 Å². The van der Waals surface area contributed by atoms with Crippen molar-refractivity contribution >= 4 is 17.7 Å². The molecule has 2 heterocycles. The standard InChI is InChI=1S/C19H17N3O2/c1-3-7-17-14(2)21-19-18(10-6-11-22(17)19)24-12-15-8-4-5-9-16(15)20-13-23/h1,4-6,8-11,13H,7,12H2,2H3,(H,20,23). The van der Waals surface area contributed by atoms with Crippen LogP contribution in [-0.2, 0) is 17.8 Å². The van der Waals surface area contributed by atoms with Gasteiger partial charge >= 0.3 is 0 Å². The number of terminal acetylenes is 1. The molecule has 24 heavy (non-hydrogen) atoms. The molecule has 0 saturated carbocycles. The maximum absolute atomic E-state index is 10.7. The Labute approximate surface area is 140 Å². The number of fused-ring (bicyclic) bond motifs is 1. The highest BCUT2D eigenvalue weighted by Crippen LogP contribution is 2.24. The first-order chi connectivity index (χ1) is 11.7. The SMILES string of the molecule is C#CCc1c(C)nc2c(OCc3ccccc3NC=O)cccn12. The fraction of sp³-hybridized carbons (Fsp3) is 0.158. The number of amides is 1. The Morgan fingerprint density at radius 2 is 2.17 bits per heavy atom. The Morgan fingerprint density at radius 3 is 2.96 bits per heavy atom. The molecule has 5 nitrogen and oxygen atoms in total. The third-order valence-corrected chi connectivity index (χ3v) is 3.80. The fourth-order valence-corrected chi connectivity index (χ4v) is 2.63. The average Bonchev–Trinajstić information content (AvgIpc) is 2.91. The summed E-state index contributed by atoms with van der Waals surface area (Å²) in [6.07, 6.45) is 8.54. The lowest BCUT2D eigenvalue weighted by Crippen LogP contribution is -2.03. The second kappa shape index (κ2) is 6.88. The minimum atomic E-state index is 0.326. The summed E-state index contributed by atoms with van der Waals surface area (Å²) in [6, 6.07) is 11.3. The number of benzene rings is 1. The predicted molar refractivity (Wildman–Crippen MR) is 92.9 cm³/mol. The van der Waals surface area contributed by atoms with E-state index < -0.39 is 0 Å². The quantitative estimate of drug-likeness (QED) is 0.561. The van der Waals surface area contributed by atoms with Crippen molar-refractivity contribution in [3.05, 3.63) is 59.5 Å². The lowest BCUT2D eigenvalue weighted by Gasteiger charge is -2.11. The van der Waals surface area contributed by atoms with Crippen molar-refractivity contribution in [2.45, 2.75) is 20.0 Å². The monoisotopic (exact) mass is 319 g/mol. The number of nitrogens with one attached hydrogen (secondary N) is 1. The summed E-state index contributed by atoms with van der Waals surface area (Å²) in [4.78, 5) is 15.3. The maximum atomic E-state index is 10.7. The van der Waals surface area contributed by atoms with E-state index in [0.29, 0.717) is 25.2 Å². The minimum Gasteiger partial charge on any atom is -0.485 e. The molecular weight excluding hydrogens is 302 g/mol. The van der Waals surface area contributed by atoms with Crippen LogP contribution < -0.4 is 10.1 Å². The van der Waals surface area contributed by atoms with Crippen LogP contribution >= 0.6 is 0 Å². The molecule has 0 saturated heterocycles. The number of hydrogen-bond acceptors (Lipinski definition) is 3. The molecular formula is C19H17N3O2. The maximum Gasteiger partial charge on any atom is 0.211 e. The Morgan fingerprint density at radius 1 is 1.33 bits per heavy atom. The summed E-state index contributed by atoms with van der Waals surface area (Å²) in [5.74, 6) is 3.33. The minimum absolute atomic E-state index is 0.326. The Kier molecular flexibility index (Phi) is 4.48. The number of para-hydroxylation sites is 1. The normalized spacial score (nSPS) is 10.3. The summed E-state index contributed by atoms with van der Waals surface area (Å²) in [7, 11) is 0. The summed E-state index contributed by atoms with van der Waals surface area (Å²) in [5, 5.41) is 2.68. The van der Waals surface area contributed by atoms with Crippen LogP contribution in [0.5, 0.6) is 5.75 Å². The number of carbonyl (C=O) groups excluding carboxylic acids is 1. The number of aromatic nitrogens is 2. The van der Waals surface area contributed by atoms with Crippen molar-refractivity contribution < 1.29 is 9.53 Å². The van der Waals surface area contributed by atoms with Gasteiger partial charge in [-0.3, -0.25) is 9.20 Å². The first-order valence-electron chi connectivity index (χ1n) is 7.55. The van der Waals surface area contributed by atoms with E-state index in [1.807, 2.05) is 53.9 Å². The first kappa shape index (κ1) is 15.6. The van der Waals surface area contributed by atoms with Gasteiger partial charge in [0.25, 0.3) is 0 Å². The summed E-state index contributed by atoms with van der Waals surface area (Å²) in [6.45, 7) is 2.26. The van der Waals surface area contributed by atoms with Gasteiger partial charge in [0.05, 0.1) is 17.8 Å². The van der Waals surface area contributed by atoms with Gasteiger partial charge in [-0.15, -0.1) is 12.3 Å². The second-order valence-corrected chi connectivity index (χ2v) is 5.30. The second-order valence-electron chi connectivity index (χ2n) is 5.30. The molecule has 0 aliphatic heterocycles. The fourth-order valence-electron chi connectivity index (χ4n) is 2.63. The van der Waals surface area contributed by atoms with Crippen LogP contribution in [0.2, 0.25) is 0 Å². The third kappa shape index (κ3) is 2.95. The Hall–Kier alpha value is -3.26. The molecule has 0 fully saturated rings. The Bertz CT molecular complexity index is 922. The molecule has 3 aromatic rings. The zero-order valence-electron chi connectivity index (χ0n) is 13.3. The van der Waals surface area contributed by atoms with Crippen molar-refractivity contribution in [1.82, 2.24) is 9.38 Å². The van der Waals surface area contributed by atoms with Crippen LogP contribution in [0.1, 0.15) is 17.0 Å². The molecule has 120 valence electrons. The van der Waals surface area contributed by atoms with Gasteiger partial charge in [-0.05, 0) is 25.1 Å². The molecule has 1 aromatic carbocycles. The molecule has 0 spiro atoms. The number of rotatable bonds is 6. The first-order valence-corrected chi connectivity index (χ1v) is 7.55. The number of nitrogens with zero attached hydrogens (tertiary/aromatic N) is 2. The van der Waals surface area contributed by atoms with Crippen molar-refractivity contribution in [2.75, 3.05) is 5.32 Å². The van der Waals surface area contributed by atoms with Crippen molar-refractivity contribution in [1.29, 1.82) is 0 Å². The number of hydrogen-bond donors (Lipinski definition) is 1. The topological polar surface area (TPSA) is 55.6 Å². The smallest absolute Gasteiger partial charge is 0.211 e. The van der Waals surface area contributed by atoms with Crippen molar-refractivity contribution in [2.24, 2.45) is 0 Å². The summed E-state index contributed by atoms with van der Waals surface area (Å²) < 4.78 is 7.91. The predicted octanol–water partition coefficient (Wildman–Crippen LogP) is 2.97. The molecule has 0 aliphatic carbocycles. The van der Waals surface area contributed by atoms with Crippen molar-refractivity contribution in [3.63, 3.8) is 0 Å². The molecule has 2 aromatic heterocycles. The molecule has 3 rings (SSSR count). The van der Waals surface area contributed by atoms with E-state index in [1.165, 1.54) is 0 Å². The highest BCUT2D eigenvalue weighted by atomic mass is 16.5. The van der Waals surface area contributed by atoms with E-state index in [-0.39, 0.29) is 0 Å². The lowest BCUT2D eigenvalue weighted by atomic mass is 10.2. The molecule has 1 N–H and O–H groups in total. The van der Waals surface area contributed by atoms with Crippen LogP contribution in [0.3, 0.4) is 0 Å². The van der Waals surface area contributed by atoms with Crippen LogP contribution in [0.15, 0.2) is 42.6 Å². The van der Waals surface area contributed by atoms with Crippen molar-refractivity contribution in [3.8, 4) is 18.1 Å². The number of carbonyl (C=O) groups is 1. The van der Waals surface area contributed by atoms with Gasteiger partial charge in [-0.1, -0.05) is 18.2 Å². The number of pyridine rings is 1. The molecule has 0 bridgehead atoms. The van der Waals surface area contributed by atoms with Gasteiger partial charge in [0, 0.05) is 17.4 Å². The number of anilines is 1. The van der Waals surface area contributed by atoms with Crippen LogP contribution in [0, 0.1) is 19.3 Å². The van der Waals surface area contributed by atoms with E-state index in [0.717, 1.165) is 28.3 Å². The van der Waals surface area contributed by atoms with E-state index in [1.54, 1.807) is 0 Å². The zero-order chi connectivity index (χ0) is 16.9. The third-order valence-electron chi connectivity index (χ3n) is 3.80. The molecule has 1 amide bonds. The average molecular weight is 319 g/mol. The van der Waals surface area contributed by atoms with Crippen LogP contribution in [-0.4, -0.2) is 15.8 Å². The summed E-state index contributed by atoms with van der Waals surface area (Å²) in [5.41, 5.74) is 4.24. The van der Waals surface area contributed by atoms with E-state index in [4.69, 9.17) is 11.2 Å². The van der Waals surface area contributed by atoms with Crippen LogP contribution in [0.4, 0.5) is 5.69 Å². The Balaban J connectivity index is 1.90. The van der Waals surface area contributed by atoms with E-state index >= 15 is 0 Å². The van der Waals surface area contributed by atoms with Gasteiger partial charge in [-0.25, -0.2) is 4.98 Å². The van der Waals surface area contributed by atoms with Gasteiger partial charge in [-0.2, -0.15) is 0 Å². The van der Waals surface area contributed by atoms with Gasteiger partial charge in [0.15, 0.2) is 11.4 Å². The van der Waals surface area contributed by atoms with Gasteiger partial charge < -0.3 is 10.1 Å². The number of imidazole rings is 1. The van der Waals surface area contributed by atoms with E-state index in [9.17, 15) is 4.79 Å². The number of aryl methyl sites for hydroxylation is 1. The highest BCUT2D eigenvalue weighted by molar-refractivity contribution is 5.73. The largest absolute Gasteiger partial charge is 0.485 e.